The smallest absolute Gasteiger partial charge is 0.220 e. The molecule has 0 fully saturated rings. The van der Waals surface area contributed by atoms with Crippen molar-refractivity contribution >= 4 is 11.5 Å². The number of rotatable bonds is 2. The van der Waals surface area contributed by atoms with Crippen molar-refractivity contribution in [1.82, 2.24) is 9.78 Å². The number of aryl methyl sites for hydroxylation is 2. The van der Waals surface area contributed by atoms with Gasteiger partial charge in [-0.05, 0) is 6.92 Å². The van der Waals surface area contributed by atoms with E-state index in [0.717, 1.165) is 23.4 Å². The van der Waals surface area contributed by atoms with E-state index in [0.29, 0.717) is 11.7 Å². The number of ether oxygens (including phenoxy) is 1. The van der Waals surface area contributed by atoms with E-state index in [1.807, 2.05) is 14.0 Å². The summed E-state index contributed by atoms with van der Waals surface area (Å²) in [6, 6.07) is 0. The van der Waals surface area contributed by atoms with Crippen LogP contribution in [0.5, 0.6) is 5.88 Å². The second-order valence-electron chi connectivity index (χ2n) is 4.28. The van der Waals surface area contributed by atoms with Crippen molar-refractivity contribution in [3.63, 3.8) is 0 Å². The Morgan fingerprint density at radius 2 is 2.12 bits per heavy atom. The van der Waals surface area contributed by atoms with Gasteiger partial charge in [0.05, 0.1) is 24.1 Å². The van der Waals surface area contributed by atoms with Crippen LogP contribution in [0.1, 0.15) is 24.6 Å². The van der Waals surface area contributed by atoms with Crippen molar-refractivity contribution in [2.75, 3.05) is 7.11 Å². The average Bonchev–Trinajstić information content (AvgIpc) is 2.53. The Labute approximate surface area is 100 Å². The molecule has 1 unspecified atom stereocenters. The van der Waals surface area contributed by atoms with Crippen LogP contribution >= 0.6 is 0 Å². The molecule has 2 heterocycles. The number of hydrogen-bond donors (Lipinski definition) is 1. The van der Waals surface area contributed by atoms with Gasteiger partial charge in [-0.25, -0.2) is 4.68 Å². The molecule has 0 radical (unpaired) electrons. The molecule has 6 heteroatoms. The third kappa shape index (κ3) is 1.90. The van der Waals surface area contributed by atoms with Gasteiger partial charge in [0.1, 0.15) is 5.84 Å². The number of aromatic nitrogens is 2. The lowest BCUT2D eigenvalue weighted by atomic mass is 9.94. The number of methoxy groups -OCH3 is 1. The summed E-state index contributed by atoms with van der Waals surface area (Å²) in [6.07, 6.45) is 0.719. The predicted octanol–water partition coefficient (Wildman–Crippen LogP) is 0.838. The van der Waals surface area contributed by atoms with E-state index in [4.69, 9.17) is 10.5 Å². The van der Waals surface area contributed by atoms with Crippen molar-refractivity contribution in [1.29, 1.82) is 0 Å². The molecule has 1 aliphatic heterocycles. The summed E-state index contributed by atoms with van der Waals surface area (Å²) in [5, 5.41) is 12.5. The summed E-state index contributed by atoms with van der Waals surface area (Å²) in [6.45, 7) is 4.01. The van der Waals surface area contributed by atoms with Crippen molar-refractivity contribution in [2.45, 2.75) is 20.3 Å². The number of amidine groups is 1. The first kappa shape index (κ1) is 11.6. The van der Waals surface area contributed by atoms with Crippen LogP contribution in [0.3, 0.4) is 0 Å². The van der Waals surface area contributed by atoms with E-state index in [1.54, 1.807) is 11.8 Å². The van der Waals surface area contributed by atoms with Crippen LogP contribution in [0.25, 0.3) is 0 Å². The molecule has 0 aromatic carbocycles. The summed E-state index contributed by atoms with van der Waals surface area (Å²) >= 11 is 0. The van der Waals surface area contributed by atoms with Gasteiger partial charge in [-0.3, -0.25) is 0 Å². The molecular formula is C11H17N5O. The maximum absolute atomic E-state index is 5.67. The Balaban J connectivity index is 2.54. The van der Waals surface area contributed by atoms with Gasteiger partial charge in [0.2, 0.25) is 5.88 Å². The minimum absolute atomic E-state index is 0.226. The Bertz CT molecular complexity index is 500. The van der Waals surface area contributed by atoms with Crippen molar-refractivity contribution in [3.05, 3.63) is 11.3 Å². The van der Waals surface area contributed by atoms with Crippen LogP contribution in [-0.2, 0) is 7.05 Å². The van der Waals surface area contributed by atoms with Gasteiger partial charge in [0, 0.05) is 19.4 Å². The lowest BCUT2D eigenvalue weighted by Gasteiger charge is -2.17. The van der Waals surface area contributed by atoms with Gasteiger partial charge >= 0.3 is 0 Å². The lowest BCUT2D eigenvalue weighted by Crippen LogP contribution is -2.25. The molecular weight excluding hydrogens is 218 g/mol. The fourth-order valence-corrected chi connectivity index (χ4v) is 2.13. The highest BCUT2D eigenvalue weighted by Gasteiger charge is 2.26. The highest BCUT2D eigenvalue weighted by atomic mass is 16.5. The van der Waals surface area contributed by atoms with Crippen molar-refractivity contribution in [3.8, 4) is 5.88 Å². The summed E-state index contributed by atoms with van der Waals surface area (Å²) in [4.78, 5) is 0. The highest BCUT2D eigenvalue weighted by Crippen LogP contribution is 2.27. The first-order valence-corrected chi connectivity index (χ1v) is 5.52. The molecule has 2 N–H and O–H groups in total. The molecule has 1 aromatic heterocycles. The van der Waals surface area contributed by atoms with Crippen LogP contribution in [0.15, 0.2) is 10.2 Å². The number of nitrogens with zero attached hydrogens (tertiary/aromatic N) is 4. The summed E-state index contributed by atoms with van der Waals surface area (Å²) in [7, 11) is 3.48. The molecule has 17 heavy (non-hydrogen) atoms. The highest BCUT2D eigenvalue weighted by molar-refractivity contribution is 6.07. The minimum atomic E-state index is 0.226. The van der Waals surface area contributed by atoms with Crippen LogP contribution in [0, 0.1) is 12.8 Å². The molecule has 1 aliphatic rings. The normalized spacial score (nSPS) is 19.9. The summed E-state index contributed by atoms with van der Waals surface area (Å²) in [5.74, 6) is 1.51. The minimum Gasteiger partial charge on any atom is -0.481 e. The average molecular weight is 235 g/mol. The SMILES string of the molecule is COc1c(C2=NN=C(N)CC2C)c(C)nn1C. The van der Waals surface area contributed by atoms with E-state index < -0.39 is 0 Å². The molecule has 0 aliphatic carbocycles. The van der Waals surface area contributed by atoms with E-state index in [1.165, 1.54) is 0 Å². The molecule has 2 rings (SSSR count). The van der Waals surface area contributed by atoms with E-state index in [-0.39, 0.29) is 5.92 Å². The van der Waals surface area contributed by atoms with E-state index in [9.17, 15) is 0 Å². The third-order valence-corrected chi connectivity index (χ3v) is 2.89. The quantitative estimate of drug-likeness (QED) is 0.825. The fourth-order valence-electron chi connectivity index (χ4n) is 2.13. The maximum atomic E-state index is 5.67. The molecule has 0 amide bonds. The Morgan fingerprint density at radius 3 is 2.71 bits per heavy atom. The molecule has 1 aromatic rings. The molecule has 92 valence electrons. The van der Waals surface area contributed by atoms with Gasteiger partial charge in [-0.2, -0.15) is 10.2 Å². The molecule has 0 saturated heterocycles. The predicted molar refractivity (Wildman–Crippen MR) is 66.4 cm³/mol. The van der Waals surface area contributed by atoms with Crippen LogP contribution in [0.4, 0.5) is 0 Å². The third-order valence-electron chi connectivity index (χ3n) is 2.89. The van der Waals surface area contributed by atoms with Gasteiger partial charge < -0.3 is 10.5 Å². The largest absolute Gasteiger partial charge is 0.481 e. The lowest BCUT2D eigenvalue weighted by molar-refractivity contribution is 0.372. The van der Waals surface area contributed by atoms with Gasteiger partial charge in [0.15, 0.2) is 0 Å². The van der Waals surface area contributed by atoms with Crippen LogP contribution in [0.2, 0.25) is 0 Å². The molecule has 1 atom stereocenters. The molecule has 0 bridgehead atoms. The van der Waals surface area contributed by atoms with Crippen LogP contribution < -0.4 is 10.5 Å². The Hall–Kier alpha value is -1.85. The second-order valence-corrected chi connectivity index (χ2v) is 4.28. The molecule has 0 saturated carbocycles. The summed E-state index contributed by atoms with van der Waals surface area (Å²) in [5.41, 5.74) is 8.38. The first-order chi connectivity index (χ1) is 8.04. The van der Waals surface area contributed by atoms with Gasteiger partial charge in [-0.1, -0.05) is 6.92 Å². The van der Waals surface area contributed by atoms with E-state index in [2.05, 4.69) is 22.2 Å². The Kier molecular flexibility index (Phi) is 2.87. The fraction of sp³-hybridized carbons (Fsp3) is 0.545. The maximum Gasteiger partial charge on any atom is 0.220 e. The summed E-state index contributed by atoms with van der Waals surface area (Å²) < 4.78 is 7.08. The number of hydrogen-bond acceptors (Lipinski definition) is 5. The van der Waals surface area contributed by atoms with E-state index >= 15 is 0 Å². The monoisotopic (exact) mass is 235 g/mol. The zero-order valence-corrected chi connectivity index (χ0v) is 10.6. The topological polar surface area (TPSA) is 77.8 Å². The van der Waals surface area contributed by atoms with Gasteiger partial charge in [-0.15, -0.1) is 5.10 Å². The molecule has 6 nitrogen and oxygen atoms in total. The standard InChI is InChI=1S/C11H17N5O/c1-6-5-8(12)13-14-10(6)9-7(2)15-16(3)11(9)17-4/h6H,5H2,1-4H3,(H2,12,13). The van der Waals surface area contributed by atoms with Gasteiger partial charge in [0.25, 0.3) is 0 Å². The Morgan fingerprint density at radius 1 is 1.41 bits per heavy atom. The van der Waals surface area contributed by atoms with Crippen molar-refractivity contribution in [2.24, 2.45) is 28.9 Å². The zero-order valence-electron chi connectivity index (χ0n) is 10.6. The van der Waals surface area contributed by atoms with Crippen LogP contribution in [-0.4, -0.2) is 28.4 Å². The van der Waals surface area contributed by atoms with Crippen molar-refractivity contribution < 1.29 is 4.74 Å². The zero-order chi connectivity index (χ0) is 12.6. The second kappa shape index (κ2) is 4.20. The number of nitrogens with two attached hydrogens (primary N) is 1. The first-order valence-electron chi connectivity index (χ1n) is 5.52. The molecule has 0 spiro atoms.